The molecule has 0 bridgehead atoms. The lowest BCUT2D eigenvalue weighted by Crippen LogP contribution is -2.04. The number of hydrogen-bond donors (Lipinski definition) is 2. The lowest BCUT2D eigenvalue weighted by molar-refractivity contribution is 0.476. The molecule has 116 valence electrons. The number of H-pyrrole nitrogens is 1. The number of nitrogens with one attached hydrogen (secondary N) is 1. The SMILES string of the molecule is O=c1cc(O)c(-c2cccc(-c3ccc(F)c(F)c3)c2)c(Cl)[nH]1. The largest absolute Gasteiger partial charge is 0.507 e. The fourth-order valence-electron chi connectivity index (χ4n) is 2.32. The van der Waals surface area contributed by atoms with E-state index in [4.69, 9.17) is 11.6 Å². The highest BCUT2D eigenvalue weighted by molar-refractivity contribution is 6.32. The van der Waals surface area contributed by atoms with Crippen LogP contribution in [-0.4, -0.2) is 10.1 Å². The lowest BCUT2D eigenvalue weighted by atomic mass is 9.99. The predicted octanol–water partition coefficient (Wildman–Crippen LogP) is 4.35. The zero-order valence-electron chi connectivity index (χ0n) is 11.6. The fraction of sp³-hybridized carbons (Fsp3) is 0. The van der Waals surface area contributed by atoms with Gasteiger partial charge in [-0.2, -0.15) is 0 Å². The number of halogens is 3. The van der Waals surface area contributed by atoms with Gasteiger partial charge in [0.25, 0.3) is 5.56 Å². The van der Waals surface area contributed by atoms with Crippen molar-refractivity contribution in [2.75, 3.05) is 0 Å². The molecule has 0 fully saturated rings. The van der Waals surface area contributed by atoms with E-state index < -0.39 is 17.2 Å². The molecule has 3 aromatic rings. The van der Waals surface area contributed by atoms with Crippen molar-refractivity contribution in [3.05, 3.63) is 75.7 Å². The highest BCUT2D eigenvalue weighted by Gasteiger charge is 2.12. The second-order valence-electron chi connectivity index (χ2n) is 4.92. The summed E-state index contributed by atoms with van der Waals surface area (Å²) in [5, 5.41) is 9.95. The van der Waals surface area contributed by atoms with E-state index in [0.717, 1.165) is 18.2 Å². The Morgan fingerprint density at radius 1 is 0.913 bits per heavy atom. The summed E-state index contributed by atoms with van der Waals surface area (Å²) < 4.78 is 26.4. The van der Waals surface area contributed by atoms with Crippen molar-refractivity contribution in [1.82, 2.24) is 4.98 Å². The standard InChI is InChI=1S/C17H10ClF2NO2/c18-17-16(14(22)8-15(23)21-17)11-3-1-2-9(6-11)10-4-5-12(19)13(20)7-10/h1-8H,(H2,21,22,23). The van der Waals surface area contributed by atoms with E-state index in [1.807, 2.05) is 0 Å². The molecule has 0 saturated carbocycles. The molecule has 1 heterocycles. The van der Waals surface area contributed by atoms with Crippen molar-refractivity contribution in [2.24, 2.45) is 0 Å². The van der Waals surface area contributed by atoms with Gasteiger partial charge in [0.2, 0.25) is 0 Å². The lowest BCUT2D eigenvalue weighted by Gasteiger charge is -2.09. The van der Waals surface area contributed by atoms with Crippen LogP contribution in [0.25, 0.3) is 22.3 Å². The number of aromatic hydroxyl groups is 1. The molecular formula is C17H10ClF2NO2. The maximum atomic E-state index is 13.4. The van der Waals surface area contributed by atoms with Crippen LogP contribution in [0.4, 0.5) is 8.78 Å². The van der Waals surface area contributed by atoms with Crippen LogP contribution in [0, 0.1) is 11.6 Å². The Bertz CT molecular complexity index is 927. The molecule has 3 nitrogen and oxygen atoms in total. The third-order valence-electron chi connectivity index (χ3n) is 3.38. The monoisotopic (exact) mass is 333 g/mol. The van der Waals surface area contributed by atoms with Crippen LogP contribution in [0.5, 0.6) is 5.75 Å². The highest BCUT2D eigenvalue weighted by Crippen LogP contribution is 2.35. The molecule has 0 atom stereocenters. The van der Waals surface area contributed by atoms with Gasteiger partial charge in [0.15, 0.2) is 11.6 Å². The van der Waals surface area contributed by atoms with Crippen LogP contribution < -0.4 is 5.56 Å². The first-order valence-corrected chi connectivity index (χ1v) is 7.01. The van der Waals surface area contributed by atoms with E-state index >= 15 is 0 Å². The summed E-state index contributed by atoms with van der Waals surface area (Å²) in [4.78, 5) is 13.7. The number of pyridine rings is 1. The van der Waals surface area contributed by atoms with Gasteiger partial charge in [-0.25, -0.2) is 8.78 Å². The van der Waals surface area contributed by atoms with Gasteiger partial charge in [-0.1, -0.05) is 35.9 Å². The summed E-state index contributed by atoms with van der Waals surface area (Å²) >= 11 is 5.99. The molecule has 23 heavy (non-hydrogen) atoms. The van der Waals surface area contributed by atoms with Gasteiger partial charge in [-0.3, -0.25) is 4.79 Å². The minimum absolute atomic E-state index is 0.00237. The van der Waals surface area contributed by atoms with E-state index in [2.05, 4.69) is 4.98 Å². The fourth-order valence-corrected chi connectivity index (χ4v) is 2.62. The molecule has 2 N–H and O–H groups in total. The second kappa shape index (κ2) is 5.85. The Kier molecular flexibility index (Phi) is 3.88. The normalized spacial score (nSPS) is 10.7. The average molecular weight is 334 g/mol. The maximum Gasteiger partial charge on any atom is 0.252 e. The molecule has 3 rings (SSSR count). The maximum absolute atomic E-state index is 13.4. The molecule has 0 amide bonds. The van der Waals surface area contributed by atoms with Gasteiger partial charge in [0, 0.05) is 6.07 Å². The van der Waals surface area contributed by atoms with Gasteiger partial charge < -0.3 is 10.1 Å². The number of aromatic nitrogens is 1. The van der Waals surface area contributed by atoms with Crippen molar-refractivity contribution >= 4 is 11.6 Å². The molecule has 0 saturated heterocycles. The molecule has 0 unspecified atom stereocenters. The first-order valence-electron chi connectivity index (χ1n) is 6.63. The van der Waals surface area contributed by atoms with Crippen LogP contribution in [0.2, 0.25) is 5.15 Å². The molecule has 2 aromatic carbocycles. The van der Waals surface area contributed by atoms with Crippen molar-refractivity contribution in [1.29, 1.82) is 0 Å². The van der Waals surface area contributed by atoms with E-state index in [1.165, 1.54) is 6.07 Å². The topological polar surface area (TPSA) is 53.1 Å². The van der Waals surface area contributed by atoms with Gasteiger partial charge in [-0.05, 0) is 34.9 Å². The van der Waals surface area contributed by atoms with Crippen molar-refractivity contribution in [3.8, 4) is 28.0 Å². The van der Waals surface area contributed by atoms with Crippen molar-refractivity contribution in [3.63, 3.8) is 0 Å². The first-order chi connectivity index (χ1) is 11.0. The Balaban J connectivity index is 2.14. The second-order valence-corrected chi connectivity index (χ2v) is 5.30. The Morgan fingerprint density at radius 3 is 2.30 bits per heavy atom. The average Bonchev–Trinajstić information content (AvgIpc) is 2.49. The molecule has 0 spiro atoms. The van der Waals surface area contributed by atoms with E-state index in [-0.39, 0.29) is 16.5 Å². The van der Waals surface area contributed by atoms with Gasteiger partial charge in [0.1, 0.15) is 10.9 Å². The summed E-state index contributed by atoms with van der Waals surface area (Å²) in [5.74, 6) is -2.13. The highest BCUT2D eigenvalue weighted by atomic mass is 35.5. The van der Waals surface area contributed by atoms with Gasteiger partial charge in [-0.15, -0.1) is 0 Å². The summed E-state index contributed by atoms with van der Waals surface area (Å²) in [6.07, 6.45) is 0. The Morgan fingerprint density at radius 2 is 1.61 bits per heavy atom. The Hall–Kier alpha value is -2.66. The van der Waals surface area contributed by atoms with Crippen LogP contribution >= 0.6 is 11.6 Å². The molecule has 0 aliphatic rings. The van der Waals surface area contributed by atoms with Gasteiger partial charge >= 0.3 is 0 Å². The summed E-state index contributed by atoms with van der Waals surface area (Å²) in [7, 11) is 0. The molecule has 1 aromatic heterocycles. The summed E-state index contributed by atoms with van der Waals surface area (Å²) in [6.45, 7) is 0. The quantitative estimate of drug-likeness (QED) is 0.685. The molecule has 0 radical (unpaired) electrons. The van der Waals surface area contributed by atoms with Crippen LogP contribution in [0.15, 0.2) is 53.3 Å². The number of aromatic amines is 1. The predicted molar refractivity (Wildman–Crippen MR) is 84.5 cm³/mol. The minimum Gasteiger partial charge on any atom is -0.507 e. The van der Waals surface area contributed by atoms with E-state index in [9.17, 15) is 18.7 Å². The molecular weight excluding hydrogens is 324 g/mol. The minimum atomic E-state index is -0.946. The number of rotatable bonds is 2. The van der Waals surface area contributed by atoms with Crippen LogP contribution in [0.3, 0.4) is 0 Å². The van der Waals surface area contributed by atoms with Crippen molar-refractivity contribution < 1.29 is 13.9 Å². The molecule has 0 aliphatic carbocycles. The third kappa shape index (κ3) is 2.96. The third-order valence-corrected chi connectivity index (χ3v) is 3.66. The van der Waals surface area contributed by atoms with Crippen LogP contribution in [-0.2, 0) is 0 Å². The molecule has 0 aliphatic heterocycles. The zero-order valence-corrected chi connectivity index (χ0v) is 12.4. The number of benzene rings is 2. The van der Waals surface area contributed by atoms with Crippen molar-refractivity contribution in [2.45, 2.75) is 0 Å². The summed E-state index contributed by atoms with van der Waals surface area (Å²) in [6, 6.07) is 11.3. The smallest absolute Gasteiger partial charge is 0.252 e. The van der Waals surface area contributed by atoms with Gasteiger partial charge in [0.05, 0.1) is 5.56 Å². The zero-order chi connectivity index (χ0) is 16.6. The first kappa shape index (κ1) is 15.2. The Labute approximate surface area is 134 Å². The molecule has 6 heteroatoms. The number of hydrogen-bond acceptors (Lipinski definition) is 2. The van der Waals surface area contributed by atoms with E-state index in [1.54, 1.807) is 24.3 Å². The van der Waals surface area contributed by atoms with Crippen LogP contribution in [0.1, 0.15) is 0 Å². The summed E-state index contributed by atoms with van der Waals surface area (Å²) in [5.41, 5.74) is 1.36. The van der Waals surface area contributed by atoms with E-state index in [0.29, 0.717) is 16.7 Å².